The van der Waals surface area contributed by atoms with Crippen LogP contribution in [0.4, 0.5) is 4.79 Å². The lowest BCUT2D eigenvalue weighted by Crippen LogP contribution is -2.34. The second kappa shape index (κ2) is 4.18. The molecule has 2 rings (SSSR count). The third-order valence-electron chi connectivity index (χ3n) is 2.01. The van der Waals surface area contributed by atoms with Crippen LogP contribution in [-0.2, 0) is 6.42 Å². The molecule has 0 atom stereocenters. The molecule has 2 heterocycles. The zero-order valence-electron chi connectivity index (χ0n) is 7.84. The number of nitrogens with two attached hydrogens (primary N) is 1. The Kier molecular flexibility index (Phi) is 2.90. The maximum Gasteiger partial charge on any atom is 0.338 e. The van der Waals surface area contributed by atoms with E-state index in [2.05, 4.69) is 12.1 Å². The summed E-state index contributed by atoms with van der Waals surface area (Å²) >= 11 is 3.37. The molecule has 0 aliphatic rings. The van der Waals surface area contributed by atoms with Gasteiger partial charge in [-0.05, 0) is 17.5 Å². The number of carbonyl (C=O) groups is 1. The molecule has 15 heavy (non-hydrogen) atoms. The highest BCUT2D eigenvalue weighted by molar-refractivity contribution is 7.26. The van der Waals surface area contributed by atoms with Gasteiger partial charge in [0.2, 0.25) is 0 Å². The summed E-state index contributed by atoms with van der Waals surface area (Å²) in [6.07, 6.45) is 0.630. The highest BCUT2D eigenvalue weighted by Crippen LogP contribution is 2.30. The summed E-state index contributed by atoms with van der Waals surface area (Å²) in [6.45, 7) is 0.239. The Morgan fingerprint density at radius 1 is 1.53 bits per heavy atom. The van der Waals surface area contributed by atoms with Crippen LogP contribution >= 0.6 is 22.7 Å². The number of rotatable bonds is 3. The number of thiophene rings is 2. The Bertz CT molecular complexity index is 449. The van der Waals surface area contributed by atoms with Gasteiger partial charge in [-0.25, -0.2) is 9.86 Å². The first-order valence-electron chi connectivity index (χ1n) is 4.38. The molecular formula is C9H10N2O2S2. The first-order chi connectivity index (χ1) is 7.16. The molecule has 0 aromatic carbocycles. The van der Waals surface area contributed by atoms with E-state index in [0.717, 1.165) is 4.88 Å². The van der Waals surface area contributed by atoms with Gasteiger partial charge in [-0.1, -0.05) is 0 Å². The zero-order chi connectivity index (χ0) is 10.8. The van der Waals surface area contributed by atoms with Crippen LogP contribution in [0, 0.1) is 0 Å². The van der Waals surface area contributed by atoms with Crippen molar-refractivity contribution in [1.29, 1.82) is 0 Å². The Morgan fingerprint density at radius 2 is 2.33 bits per heavy atom. The van der Waals surface area contributed by atoms with Gasteiger partial charge in [-0.15, -0.1) is 22.7 Å². The second-order valence-electron chi connectivity index (χ2n) is 3.07. The number of fused-ring (bicyclic) bond motifs is 1. The molecular weight excluding hydrogens is 232 g/mol. The van der Waals surface area contributed by atoms with E-state index in [1.165, 1.54) is 9.40 Å². The molecule has 0 radical (unpaired) electrons. The molecule has 0 bridgehead atoms. The van der Waals surface area contributed by atoms with Crippen LogP contribution in [0.5, 0.6) is 0 Å². The molecule has 0 saturated heterocycles. The van der Waals surface area contributed by atoms with Gasteiger partial charge in [0.25, 0.3) is 0 Å². The number of primary amides is 1. The van der Waals surface area contributed by atoms with Gasteiger partial charge in [-0.3, -0.25) is 5.21 Å². The monoisotopic (exact) mass is 242 g/mol. The smallest absolute Gasteiger partial charge is 0.338 e. The molecule has 0 spiro atoms. The lowest BCUT2D eigenvalue weighted by molar-refractivity contribution is -0.0380. The third-order valence-corrected chi connectivity index (χ3v) is 4.17. The molecule has 4 nitrogen and oxygen atoms in total. The minimum absolute atomic E-state index is 0.239. The molecule has 0 saturated carbocycles. The number of amides is 2. The molecule has 0 aliphatic carbocycles. The molecule has 2 amide bonds. The van der Waals surface area contributed by atoms with Gasteiger partial charge in [0.05, 0.1) is 6.54 Å². The molecule has 80 valence electrons. The molecule has 6 heteroatoms. The van der Waals surface area contributed by atoms with Crippen LogP contribution in [0.15, 0.2) is 17.5 Å². The third kappa shape index (κ3) is 2.28. The van der Waals surface area contributed by atoms with Crippen molar-refractivity contribution in [2.24, 2.45) is 5.73 Å². The Labute approximate surface area is 94.5 Å². The minimum Gasteiger partial charge on any atom is -0.350 e. The van der Waals surface area contributed by atoms with Crippen molar-refractivity contribution in [3.63, 3.8) is 0 Å². The highest BCUT2D eigenvalue weighted by Gasteiger charge is 2.07. The van der Waals surface area contributed by atoms with Crippen molar-refractivity contribution < 1.29 is 10.0 Å². The fourth-order valence-electron chi connectivity index (χ4n) is 1.27. The predicted molar refractivity (Wildman–Crippen MR) is 61.5 cm³/mol. The van der Waals surface area contributed by atoms with Crippen molar-refractivity contribution >= 4 is 38.1 Å². The van der Waals surface area contributed by atoms with E-state index in [-0.39, 0.29) is 6.54 Å². The average molecular weight is 242 g/mol. The number of hydrogen-bond donors (Lipinski definition) is 2. The van der Waals surface area contributed by atoms with Crippen molar-refractivity contribution in [1.82, 2.24) is 5.06 Å². The van der Waals surface area contributed by atoms with E-state index in [1.54, 1.807) is 22.7 Å². The van der Waals surface area contributed by atoms with Gasteiger partial charge in [0, 0.05) is 20.7 Å². The molecule has 2 aromatic heterocycles. The number of urea groups is 1. The quantitative estimate of drug-likeness (QED) is 0.640. The van der Waals surface area contributed by atoms with Crippen molar-refractivity contribution in [3.8, 4) is 0 Å². The van der Waals surface area contributed by atoms with Crippen molar-refractivity contribution in [2.45, 2.75) is 6.42 Å². The van der Waals surface area contributed by atoms with Gasteiger partial charge >= 0.3 is 6.03 Å². The van der Waals surface area contributed by atoms with E-state index in [0.29, 0.717) is 11.5 Å². The van der Waals surface area contributed by atoms with E-state index in [1.807, 2.05) is 5.38 Å². The van der Waals surface area contributed by atoms with E-state index in [9.17, 15) is 4.79 Å². The van der Waals surface area contributed by atoms with Gasteiger partial charge in [0.15, 0.2) is 0 Å². The maximum atomic E-state index is 10.5. The zero-order valence-corrected chi connectivity index (χ0v) is 9.48. The summed E-state index contributed by atoms with van der Waals surface area (Å²) in [5.74, 6) is 0. The summed E-state index contributed by atoms with van der Waals surface area (Å²) in [4.78, 5) is 11.7. The minimum atomic E-state index is -0.812. The molecule has 0 unspecified atom stereocenters. The lowest BCUT2D eigenvalue weighted by Gasteiger charge is -2.09. The molecule has 0 fully saturated rings. The lowest BCUT2D eigenvalue weighted by atomic mass is 10.3. The fraction of sp³-hybridized carbons (Fsp3) is 0.222. The second-order valence-corrected chi connectivity index (χ2v) is 5.19. The molecule has 0 aliphatic heterocycles. The summed E-state index contributed by atoms with van der Waals surface area (Å²) in [6, 6.07) is 3.34. The summed E-state index contributed by atoms with van der Waals surface area (Å²) in [7, 11) is 0. The van der Waals surface area contributed by atoms with Crippen molar-refractivity contribution in [3.05, 3.63) is 22.4 Å². The Hall–Kier alpha value is -1.11. The summed E-state index contributed by atoms with van der Waals surface area (Å²) < 4.78 is 2.50. The Morgan fingerprint density at radius 3 is 3.00 bits per heavy atom. The molecule has 3 N–H and O–H groups in total. The van der Waals surface area contributed by atoms with E-state index in [4.69, 9.17) is 10.9 Å². The van der Waals surface area contributed by atoms with E-state index >= 15 is 0 Å². The molecule has 2 aromatic rings. The fourth-order valence-corrected chi connectivity index (χ4v) is 3.39. The summed E-state index contributed by atoms with van der Waals surface area (Å²) in [5, 5.41) is 11.7. The van der Waals surface area contributed by atoms with Gasteiger partial charge in [0.1, 0.15) is 0 Å². The van der Waals surface area contributed by atoms with Crippen LogP contribution < -0.4 is 5.73 Å². The number of nitrogens with zero attached hydrogens (tertiary/aromatic N) is 1. The van der Waals surface area contributed by atoms with Gasteiger partial charge < -0.3 is 5.73 Å². The van der Waals surface area contributed by atoms with Crippen LogP contribution in [0.1, 0.15) is 4.88 Å². The van der Waals surface area contributed by atoms with Crippen LogP contribution in [-0.4, -0.2) is 22.8 Å². The number of carbonyl (C=O) groups excluding carboxylic acids is 1. The maximum absolute atomic E-state index is 10.5. The predicted octanol–water partition coefficient (Wildman–Crippen LogP) is 2.28. The SMILES string of the molecule is NC(=O)N(O)CCc1cc2sccc2s1. The average Bonchev–Trinajstić information content (AvgIpc) is 2.72. The number of hydroxylamine groups is 2. The number of hydrogen-bond acceptors (Lipinski definition) is 4. The van der Waals surface area contributed by atoms with Crippen LogP contribution in [0.3, 0.4) is 0 Å². The first-order valence-corrected chi connectivity index (χ1v) is 6.08. The van der Waals surface area contributed by atoms with Crippen LogP contribution in [0.2, 0.25) is 0 Å². The first kappa shape index (κ1) is 10.4. The van der Waals surface area contributed by atoms with Crippen LogP contribution in [0.25, 0.3) is 9.40 Å². The van der Waals surface area contributed by atoms with Crippen molar-refractivity contribution in [2.75, 3.05) is 6.54 Å². The largest absolute Gasteiger partial charge is 0.350 e. The Balaban J connectivity index is 2.01. The topological polar surface area (TPSA) is 66.6 Å². The van der Waals surface area contributed by atoms with Gasteiger partial charge in [-0.2, -0.15) is 0 Å². The highest BCUT2D eigenvalue weighted by atomic mass is 32.1. The van der Waals surface area contributed by atoms with E-state index < -0.39 is 6.03 Å². The normalized spacial score (nSPS) is 10.7. The standard InChI is InChI=1S/C9H10N2O2S2/c10-9(12)11(13)3-1-6-5-8-7(15-6)2-4-14-8/h2,4-5,13H,1,3H2,(H2,10,12). The summed E-state index contributed by atoms with van der Waals surface area (Å²) in [5.41, 5.74) is 4.90.